The van der Waals surface area contributed by atoms with Gasteiger partial charge in [0.25, 0.3) is 0 Å². The molecule has 0 saturated heterocycles. The summed E-state index contributed by atoms with van der Waals surface area (Å²) in [6.07, 6.45) is 1.13. The van der Waals surface area contributed by atoms with Crippen molar-refractivity contribution in [3.8, 4) is 0 Å². The first kappa shape index (κ1) is 19.0. The molecule has 0 saturated carbocycles. The van der Waals surface area contributed by atoms with Crippen LogP contribution in [0.25, 0.3) is 0 Å². The maximum Gasteiger partial charge on any atom is 0.336 e. The molecule has 0 bridgehead atoms. The molecule has 26 heavy (non-hydrogen) atoms. The number of hydrogen-bond donors (Lipinski definition) is 1. The van der Waals surface area contributed by atoms with E-state index in [2.05, 4.69) is 19.2 Å². The molecule has 1 heterocycles. The molecule has 1 aromatic rings. The van der Waals surface area contributed by atoms with Gasteiger partial charge in [-0.1, -0.05) is 49.2 Å². The van der Waals surface area contributed by atoms with Gasteiger partial charge in [0, 0.05) is 29.3 Å². The zero-order chi connectivity index (χ0) is 19.2. The minimum Gasteiger partial charge on any atom is -0.466 e. The average Bonchev–Trinajstić information content (AvgIpc) is 2.54. The third kappa shape index (κ3) is 3.17. The predicted octanol–water partition coefficient (Wildman–Crippen LogP) is 4.77. The predicted molar refractivity (Wildman–Crippen MR) is 102 cm³/mol. The number of esters is 1. The highest BCUT2D eigenvalue weighted by Crippen LogP contribution is 2.48. The van der Waals surface area contributed by atoms with E-state index in [-0.39, 0.29) is 11.2 Å². The highest BCUT2D eigenvalue weighted by molar-refractivity contribution is 6.42. The van der Waals surface area contributed by atoms with Crippen LogP contribution < -0.4 is 5.32 Å². The van der Waals surface area contributed by atoms with Crippen molar-refractivity contribution in [3.05, 3.63) is 56.3 Å². The standard InChI is InChI=1S/C20H21Cl2NO3/c1-10-15(19(25)26-4)16(11-6-5-7-12(21)18(11)22)17-13(23-10)8-20(2,3)9-14(17)24/h5-7,16,23H,8-9H2,1-4H3/t16-/m1/s1. The highest BCUT2D eigenvalue weighted by atomic mass is 35.5. The Balaban J connectivity index is 2.26. The van der Waals surface area contributed by atoms with Crippen molar-refractivity contribution >= 4 is 35.0 Å². The van der Waals surface area contributed by atoms with Gasteiger partial charge in [0.15, 0.2) is 5.78 Å². The molecule has 4 nitrogen and oxygen atoms in total. The molecule has 1 aliphatic heterocycles. The second-order valence-corrected chi connectivity index (χ2v) is 8.35. The smallest absolute Gasteiger partial charge is 0.336 e. The van der Waals surface area contributed by atoms with Crippen molar-refractivity contribution in [3.63, 3.8) is 0 Å². The van der Waals surface area contributed by atoms with E-state index < -0.39 is 11.9 Å². The molecular weight excluding hydrogens is 373 g/mol. The van der Waals surface area contributed by atoms with Gasteiger partial charge >= 0.3 is 5.97 Å². The number of ether oxygens (including phenoxy) is 1. The zero-order valence-electron chi connectivity index (χ0n) is 15.2. The minimum atomic E-state index is -0.589. The van der Waals surface area contributed by atoms with Gasteiger partial charge in [0.1, 0.15) is 0 Å². The number of dihydropyridines is 1. The molecule has 0 unspecified atom stereocenters. The van der Waals surface area contributed by atoms with E-state index in [0.29, 0.717) is 45.3 Å². The number of halogens is 2. The molecule has 1 aliphatic carbocycles. The van der Waals surface area contributed by atoms with Crippen LogP contribution in [-0.2, 0) is 14.3 Å². The number of benzene rings is 1. The fourth-order valence-corrected chi connectivity index (χ4v) is 4.29. The number of rotatable bonds is 2. The Morgan fingerprint density at radius 1 is 1.27 bits per heavy atom. The van der Waals surface area contributed by atoms with Crippen molar-refractivity contribution in [1.82, 2.24) is 5.32 Å². The Labute approximate surface area is 163 Å². The summed E-state index contributed by atoms with van der Waals surface area (Å²) in [4.78, 5) is 25.6. The van der Waals surface area contributed by atoms with Crippen molar-refractivity contribution < 1.29 is 14.3 Å². The van der Waals surface area contributed by atoms with Gasteiger partial charge in [-0.3, -0.25) is 4.79 Å². The first-order chi connectivity index (χ1) is 12.2. The molecule has 0 fully saturated rings. The quantitative estimate of drug-likeness (QED) is 0.735. The van der Waals surface area contributed by atoms with Crippen molar-refractivity contribution in [2.45, 2.75) is 39.5 Å². The molecule has 2 aliphatic rings. The molecule has 6 heteroatoms. The summed E-state index contributed by atoms with van der Waals surface area (Å²) < 4.78 is 4.99. The van der Waals surface area contributed by atoms with Gasteiger partial charge in [0.2, 0.25) is 0 Å². The Morgan fingerprint density at radius 3 is 2.62 bits per heavy atom. The molecule has 1 aromatic carbocycles. The van der Waals surface area contributed by atoms with Crippen LogP contribution in [0.5, 0.6) is 0 Å². The number of nitrogens with one attached hydrogen (secondary N) is 1. The summed E-state index contributed by atoms with van der Waals surface area (Å²) in [5.41, 5.74) is 2.98. The van der Waals surface area contributed by atoms with Crippen LogP contribution in [0.1, 0.15) is 45.1 Å². The zero-order valence-corrected chi connectivity index (χ0v) is 16.7. The summed E-state index contributed by atoms with van der Waals surface area (Å²) in [5.74, 6) is -1.06. The van der Waals surface area contributed by atoms with E-state index in [0.717, 1.165) is 5.70 Å². The normalized spacial score (nSPS) is 22.1. The SMILES string of the molecule is COC(=O)C1=C(C)NC2=C(C(=O)CC(C)(C)C2)[C@@H]1c1cccc(Cl)c1Cl. The summed E-state index contributed by atoms with van der Waals surface area (Å²) in [5, 5.41) is 4.00. The molecule has 3 rings (SSSR count). The first-order valence-corrected chi connectivity index (χ1v) is 9.18. The van der Waals surface area contributed by atoms with Gasteiger partial charge in [-0.15, -0.1) is 0 Å². The van der Waals surface area contributed by atoms with Crippen molar-refractivity contribution in [1.29, 1.82) is 0 Å². The van der Waals surface area contributed by atoms with E-state index in [9.17, 15) is 9.59 Å². The van der Waals surface area contributed by atoms with Crippen LogP contribution in [0.3, 0.4) is 0 Å². The summed E-state index contributed by atoms with van der Waals surface area (Å²) in [7, 11) is 1.33. The van der Waals surface area contributed by atoms with Crippen LogP contribution in [0.15, 0.2) is 40.7 Å². The fraction of sp³-hybridized carbons (Fsp3) is 0.400. The van der Waals surface area contributed by atoms with E-state index >= 15 is 0 Å². The lowest BCUT2D eigenvalue weighted by Crippen LogP contribution is -2.38. The molecule has 0 aromatic heterocycles. The van der Waals surface area contributed by atoms with E-state index in [1.165, 1.54) is 7.11 Å². The van der Waals surface area contributed by atoms with Gasteiger partial charge in [-0.05, 0) is 30.4 Å². The Hall–Kier alpha value is -1.78. The summed E-state index contributed by atoms with van der Waals surface area (Å²) in [6.45, 7) is 5.94. The Morgan fingerprint density at radius 2 is 1.96 bits per heavy atom. The molecule has 0 amide bonds. The van der Waals surface area contributed by atoms with Crippen LogP contribution in [0, 0.1) is 5.41 Å². The van der Waals surface area contributed by atoms with Crippen LogP contribution >= 0.6 is 23.2 Å². The highest BCUT2D eigenvalue weighted by Gasteiger charge is 2.43. The number of hydrogen-bond acceptors (Lipinski definition) is 4. The number of methoxy groups -OCH3 is 1. The lowest BCUT2D eigenvalue weighted by atomic mass is 9.68. The van der Waals surface area contributed by atoms with Crippen molar-refractivity contribution in [2.24, 2.45) is 5.41 Å². The largest absolute Gasteiger partial charge is 0.466 e. The van der Waals surface area contributed by atoms with E-state index in [1.807, 2.05) is 6.92 Å². The number of Topliss-reactive ketones (excluding diaryl/α,β-unsaturated/α-hetero) is 1. The van der Waals surface area contributed by atoms with Crippen LogP contribution in [0.2, 0.25) is 10.0 Å². The molecule has 1 N–H and O–H groups in total. The molecule has 1 atom stereocenters. The van der Waals surface area contributed by atoms with Crippen molar-refractivity contribution in [2.75, 3.05) is 7.11 Å². The summed E-state index contributed by atoms with van der Waals surface area (Å²) >= 11 is 12.7. The van der Waals surface area contributed by atoms with Crippen LogP contribution in [0.4, 0.5) is 0 Å². The Kier molecular flexibility index (Phi) is 4.93. The van der Waals surface area contributed by atoms with Gasteiger partial charge < -0.3 is 10.1 Å². The maximum atomic E-state index is 13.0. The third-order valence-corrected chi connectivity index (χ3v) is 5.77. The minimum absolute atomic E-state index is 0.0127. The number of carbonyl (C=O) groups excluding carboxylic acids is 2. The second-order valence-electron chi connectivity index (χ2n) is 7.56. The molecule has 138 valence electrons. The van der Waals surface area contributed by atoms with Gasteiger partial charge in [0.05, 0.1) is 22.7 Å². The lowest BCUT2D eigenvalue weighted by molar-refractivity contribution is -0.136. The number of carbonyl (C=O) groups is 2. The Bertz CT molecular complexity index is 868. The summed E-state index contributed by atoms with van der Waals surface area (Å²) in [6, 6.07) is 5.26. The van der Waals surface area contributed by atoms with E-state index in [4.69, 9.17) is 27.9 Å². The van der Waals surface area contributed by atoms with Gasteiger partial charge in [-0.25, -0.2) is 4.79 Å². The molecular formula is C20H21Cl2NO3. The number of allylic oxidation sites excluding steroid dienone is 3. The monoisotopic (exact) mass is 393 g/mol. The maximum absolute atomic E-state index is 13.0. The first-order valence-electron chi connectivity index (χ1n) is 8.42. The average molecular weight is 394 g/mol. The molecule has 0 spiro atoms. The number of ketones is 1. The van der Waals surface area contributed by atoms with Gasteiger partial charge in [-0.2, -0.15) is 0 Å². The lowest BCUT2D eigenvalue weighted by Gasteiger charge is -2.39. The van der Waals surface area contributed by atoms with Crippen LogP contribution in [-0.4, -0.2) is 18.9 Å². The van der Waals surface area contributed by atoms with E-state index in [1.54, 1.807) is 18.2 Å². The topological polar surface area (TPSA) is 55.4 Å². The third-order valence-electron chi connectivity index (χ3n) is 4.94. The molecule has 0 radical (unpaired) electrons. The second kappa shape index (κ2) is 6.75. The fourth-order valence-electron chi connectivity index (χ4n) is 3.87.